The van der Waals surface area contributed by atoms with E-state index in [2.05, 4.69) is 34.8 Å². The minimum Gasteiger partial charge on any atom is -0.462 e. The van der Waals surface area contributed by atoms with E-state index >= 15 is 0 Å². The lowest BCUT2D eigenvalue weighted by atomic mass is 10.2. The van der Waals surface area contributed by atoms with E-state index in [1.165, 1.54) is 0 Å². The SMILES string of the molecule is CCCNC(C)Cc1csc(Nc2ccc(C(=O)OCC)cc2)n1. The third kappa shape index (κ3) is 5.62. The summed E-state index contributed by atoms with van der Waals surface area (Å²) in [5.41, 5.74) is 2.54. The van der Waals surface area contributed by atoms with E-state index in [0.717, 1.165) is 35.9 Å². The van der Waals surface area contributed by atoms with Crippen molar-refractivity contribution in [1.29, 1.82) is 0 Å². The van der Waals surface area contributed by atoms with E-state index in [-0.39, 0.29) is 5.97 Å². The van der Waals surface area contributed by atoms with Crippen LogP contribution in [0.3, 0.4) is 0 Å². The topological polar surface area (TPSA) is 63.2 Å². The lowest BCUT2D eigenvalue weighted by molar-refractivity contribution is 0.0526. The van der Waals surface area contributed by atoms with Crippen LogP contribution < -0.4 is 10.6 Å². The van der Waals surface area contributed by atoms with Gasteiger partial charge in [0.25, 0.3) is 0 Å². The first-order valence-electron chi connectivity index (χ1n) is 8.34. The monoisotopic (exact) mass is 347 g/mol. The molecule has 0 saturated carbocycles. The van der Waals surface area contributed by atoms with Crippen molar-refractivity contribution < 1.29 is 9.53 Å². The molecule has 2 N–H and O–H groups in total. The van der Waals surface area contributed by atoms with Crippen molar-refractivity contribution in [3.63, 3.8) is 0 Å². The van der Waals surface area contributed by atoms with Gasteiger partial charge in [-0.1, -0.05) is 6.92 Å². The van der Waals surface area contributed by atoms with Gasteiger partial charge in [0.1, 0.15) is 0 Å². The van der Waals surface area contributed by atoms with Gasteiger partial charge in [0.15, 0.2) is 5.13 Å². The highest BCUT2D eigenvalue weighted by Crippen LogP contribution is 2.22. The lowest BCUT2D eigenvalue weighted by Gasteiger charge is -2.11. The number of aromatic nitrogens is 1. The summed E-state index contributed by atoms with van der Waals surface area (Å²) in [6, 6.07) is 7.65. The molecule has 2 rings (SSSR count). The van der Waals surface area contributed by atoms with Gasteiger partial charge < -0.3 is 15.4 Å². The normalized spacial score (nSPS) is 12.0. The van der Waals surface area contributed by atoms with Gasteiger partial charge in [0.05, 0.1) is 17.9 Å². The zero-order chi connectivity index (χ0) is 17.4. The predicted molar refractivity (Wildman–Crippen MR) is 99.3 cm³/mol. The molecule has 1 aromatic heterocycles. The van der Waals surface area contributed by atoms with E-state index in [9.17, 15) is 4.79 Å². The summed E-state index contributed by atoms with van der Waals surface area (Å²) in [6.07, 6.45) is 2.05. The Hall–Kier alpha value is -1.92. The van der Waals surface area contributed by atoms with Gasteiger partial charge in [-0.05, 0) is 51.1 Å². The lowest BCUT2D eigenvalue weighted by Crippen LogP contribution is -2.28. The molecule has 1 atom stereocenters. The number of benzene rings is 1. The first kappa shape index (κ1) is 18.4. The molecule has 130 valence electrons. The summed E-state index contributed by atoms with van der Waals surface area (Å²) in [5.74, 6) is -0.297. The van der Waals surface area contributed by atoms with Crippen molar-refractivity contribution >= 4 is 28.1 Å². The molecule has 0 fully saturated rings. The Labute approximate surface area is 147 Å². The fraction of sp³-hybridized carbons (Fsp3) is 0.444. The number of hydrogen-bond acceptors (Lipinski definition) is 6. The van der Waals surface area contributed by atoms with E-state index in [0.29, 0.717) is 18.2 Å². The maximum atomic E-state index is 11.6. The van der Waals surface area contributed by atoms with Gasteiger partial charge in [0, 0.05) is 23.5 Å². The number of nitrogens with zero attached hydrogens (tertiary/aromatic N) is 1. The molecule has 0 aliphatic carbocycles. The average Bonchev–Trinajstić information content (AvgIpc) is 3.00. The number of rotatable bonds is 9. The number of thiazole rings is 1. The highest BCUT2D eigenvalue weighted by molar-refractivity contribution is 7.13. The van der Waals surface area contributed by atoms with E-state index in [1.54, 1.807) is 30.4 Å². The van der Waals surface area contributed by atoms with Crippen molar-refractivity contribution in [2.45, 2.75) is 39.7 Å². The summed E-state index contributed by atoms with van der Waals surface area (Å²) >= 11 is 1.59. The maximum Gasteiger partial charge on any atom is 0.338 e. The molecule has 1 unspecified atom stereocenters. The van der Waals surface area contributed by atoms with Crippen LogP contribution in [0, 0.1) is 0 Å². The number of esters is 1. The molecule has 1 heterocycles. The Balaban J connectivity index is 1.91. The summed E-state index contributed by atoms with van der Waals surface area (Å²) in [5, 5.41) is 9.68. The number of anilines is 2. The molecule has 0 aliphatic heterocycles. The summed E-state index contributed by atoms with van der Waals surface area (Å²) in [7, 11) is 0. The van der Waals surface area contributed by atoms with Crippen LogP contribution in [0.15, 0.2) is 29.6 Å². The van der Waals surface area contributed by atoms with Crippen LogP contribution >= 0.6 is 11.3 Å². The second-order valence-corrected chi connectivity index (χ2v) is 6.48. The zero-order valence-electron chi connectivity index (χ0n) is 14.5. The average molecular weight is 347 g/mol. The van der Waals surface area contributed by atoms with Crippen molar-refractivity contribution in [1.82, 2.24) is 10.3 Å². The van der Waals surface area contributed by atoms with Crippen molar-refractivity contribution in [2.24, 2.45) is 0 Å². The molecule has 6 heteroatoms. The van der Waals surface area contributed by atoms with Gasteiger partial charge in [-0.25, -0.2) is 9.78 Å². The molecule has 0 amide bonds. The van der Waals surface area contributed by atoms with Crippen LogP contribution in [0.4, 0.5) is 10.8 Å². The van der Waals surface area contributed by atoms with Crippen LogP contribution in [0.2, 0.25) is 0 Å². The molecule has 0 bridgehead atoms. The molecule has 1 aromatic carbocycles. The number of ether oxygens (including phenoxy) is 1. The summed E-state index contributed by atoms with van der Waals surface area (Å²) in [4.78, 5) is 16.3. The highest BCUT2D eigenvalue weighted by Gasteiger charge is 2.08. The van der Waals surface area contributed by atoms with Crippen LogP contribution in [0.25, 0.3) is 0 Å². The van der Waals surface area contributed by atoms with Crippen LogP contribution in [-0.4, -0.2) is 30.1 Å². The van der Waals surface area contributed by atoms with Crippen LogP contribution in [0.1, 0.15) is 43.2 Å². The van der Waals surface area contributed by atoms with Crippen LogP contribution in [-0.2, 0) is 11.2 Å². The first-order chi connectivity index (χ1) is 11.6. The molecule has 0 radical (unpaired) electrons. The fourth-order valence-corrected chi connectivity index (χ4v) is 3.01. The Morgan fingerprint density at radius 1 is 1.29 bits per heavy atom. The Morgan fingerprint density at radius 3 is 2.71 bits per heavy atom. The molecule has 0 spiro atoms. The standard InChI is InChI=1S/C18H25N3O2S/c1-4-10-19-13(3)11-16-12-24-18(21-16)20-15-8-6-14(7-9-15)17(22)23-5-2/h6-9,12-13,19H,4-5,10-11H2,1-3H3,(H,20,21). The van der Waals surface area contributed by atoms with Crippen molar-refractivity contribution in [2.75, 3.05) is 18.5 Å². The molecule has 0 saturated heterocycles. The molecular formula is C18H25N3O2S. The van der Waals surface area contributed by atoms with Crippen molar-refractivity contribution in [3.05, 3.63) is 40.9 Å². The smallest absolute Gasteiger partial charge is 0.338 e. The number of carbonyl (C=O) groups excluding carboxylic acids is 1. The number of hydrogen-bond donors (Lipinski definition) is 2. The molecule has 0 aliphatic rings. The van der Waals surface area contributed by atoms with Gasteiger partial charge >= 0.3 is 5.97 Å². The van der Waals surface area contributed by atoms with E-state index in [1.807, 2.05) is 12.1 Å². The Morgan fingerprint density at radius 2 is 2.04 bits per heavy atom. The fourth-order valence-electron chi connectivity index (χ4n) is 2.26. The van der Waals surface area contributed by atoms with E-state index < -0.39 is 0 Å². The quantitative estimate of drug-likeness (QED) is 0.672. The highest BCUT2D eigenvalue weighted by atomic mass is 32.1. The van der Waals surface area contributed by atoms with E-state index in [4.69, 9.17) is 4.74 Å². The zero-order valence-corrected chi connectivity index (χ0v) is 15.3. The minimum absolute atomic E-state index is 0.297. The number of carbonyl (C=O) groups is 1. The van der Waals surface area contributed by atoms with Gasteiger partial charge in [0.2, 0.25) is 0 Å². The minimum atomic E-state index is -0.297. The second kappa shape index (κ2) is 9.39. The molecule has 24 heavy (non-hydrogen) atoms. The third-order valence-electron chi connectivity index (χ3n) is 3.46. The third-order valence-corrected chi connectivity index (χ3v) is 4.26. The maximum absolute atomic E-state index is 11.6. The Kier molecular flexibility index (Phi) is 7.21. The largest absolute Gasteiger partial charge is 0.462 e. The van der Waals surface area contributed by atoms with Gasteiger partial charge in [-0.3, -0.25) is 0 Å². The summed E-state index contributed by atoms with van der Waals surface area (Å²) in [6.45, 7) is 7.55. The summed E-state index contributed by atoms with van der Waals surface area (Å²) < 4.78 is 4.98. The predicted octanol–water partition coefficient (Wildman–Crippen LogP) is 3.99. The van der Waals surface area contributed by atoms with Gasteiger partial charge in [-0.15, -0.1) is 11.3 Å². The molecule has 5 nitrogen and oxygen atoms in total. The van der Waals surface area contributed by atoms with Crippen LogP contribution in [0.5, 0.6) is 0 Å². The van der Waals surface area contributed by atoms with Crippen molar-refractivity contribution in [3.8, 4) is 0 Å². The van der Waals surface area contributed by atoms with Gasteiger partial charge in [-0.2, -0.15) is 0 Å². The first-order valence-corrected chi connectivity index (χ1v) is 9.22. The number of nitrogens with one attached hydrogen (secondary N) is 2. The molecular weight excluding hydrogens is 322 g/mol. The Bertz CT molecular complexity index is 640. The second-order valence-electron chi connectivity index (χ2n) is 5.63. The molecule has 2 aromatic rings.